The molecule has 0 saturated heterocycles. The van der Waals surface area contributed by atoms with Crippen LogP contribution in [0.2, 0.25) is 10.0 Å². The average Bonchev–Trinajstić information content (AvgIpc) is 3.48. The second-order valence-electron chi connectivity index (χ2n) is 8.17. The molecule has 1 aromatic heterocycles. The summed E-state index contributed by atoms with van der Waals surface area (Å²) < 4.78 is 24.5. The van der Waals surface area contributed by atoms with Crippen molar-refractivity contribution < 1.29 is 23.5 Å². The molecule has 1 aliphatic rings. The number of nitrogens with zero attached hydrogens (tertiary/aromatic N) is 2. The van der Waals surface area contributed by atoms with Crippen LogP contribution in [-0.2, 0) is 22.7 Å². The molecular weight excluding hydrogens is 482 g/mol. The van der Waals surface area contributed by atoms with Crippen LogP contribution in [0, 0.1) is 5.82 Å². The van der Waals surface area contributed by atoms with E-state index >= 15 is 0 Å². The smallest absolute Gasteiger partial charge is 0.145 e. The molecule has 6 nitrogen and oxygen atoms in total. The zero-order valence-corrected chi connectivity index (χ0v) is 19.9. The summed E-state index contributed by atoms with van der Waals surface area (Å²) in [5, 5.41) is 15.7. The van der Waals surface area contributed by atoms with Gasteiger partial charge in [0.15, 0.2) is 0 Å². The second kappa shape index (κ2) is 11.8. The monoisotopic (exact) mass is 506 g/mol. The summed E-state index contributed by atoms with van der Waals surface area (Å²) in [4.78, 5) is 7.67. The number of hydrogen-bond donors (Lipinski definition) is 1. The summed E-state index contributed by atoms with van der Waals surface area (Å²) in [6, 6.07) is 15.3. The minimum atomic E-state index is -0.750. The van der Waals surface area contributed by atoms with E-state index in [1.807, 2.05) is 23.1 Å². The van der Waals surface area contributed by atoms with Crippen molar-refractivity contribution in [2.75, 3.05) is 19.7 Å². The number of ether oxygens (including phenoxy) is 1. The molecule has 2 aromatic carbocycles. The van der Waals surface area contributed by atoms with E-state index in [4.69, 9.17) is 37.2 Å². The van der Waals surface area contributed by atoms with Crippen molar-refractivity contribution in [2.45, 2.75) is 31.8 Å². The van der Waals surface area contributed by atoms with Crippen LogP contribution in [0.5, 0.6) is 0 Å². The van der Waals surface area contributed by atoms with E-state index in [0.717, 1.165) is 16.8 Å². The molecule has 0 radical (unpaired) electrons. The quantitative estimate of drug-likeness (QED) is 0.382. The van der Waals surface area contributed by atoms with Crippen molar-refractivity contribution in [1.82, 2.24) is 4.90 Å². The van der Waals surface area contributed by atoms with Crippen LogP contribution < -0.4 is 0 Å². The van der Waals surface area contributed by atoms with Gasteiger partial charge in [0.25, 0.3) is 0 Å². The molecule has 0 aliphatic carbocycles. The van der Waals surface area contributed by atoms with Gasteiger partial charge in [-0.3, -0.25) is 4.90 Å². The van der Waals surface area contributed by atoms with Crippen molar-refractivity contribution in [3.63, 3.8) is 0 Å². The van der Waals surface area contributed by atoms with Gasteiger partial charge in [-0.1, -0.05) is 46.6 Å². The number of oxime groups is 1. The van der Waals surface area contributed by atoms with E-state index in [0.29, 0.717) is 41.9 Å². The van der Waals surface area contributed by atoms with Gasteiger partial charge < -0.3 is 19.1 Å². The Hall–Kier alpha value is -2.42. The highest BCUT2D eigenvalue weighted by Gasteiger charge is 2.26. The van der Waals surface area contributed by atoms with Crippen molar-refractivity contribution in [1.29, 1.82) is 0 Å². The molecule has 0 saturated carbocycles. The Balaban J connectivity index is 1.36. The standard InChI is InChI=1S/C25H25Cl2FN2O4/c26-23-7-6-18(10-24(23)27)25-11-22(34-29-25)14-30(12-17-3-1-4-19(28)9-17)13-20(31)15-32-16-21-5-2-8-33-21/h1-10,20,22,31H,11-16H2. The lowest BCUT2D eigenvalue weighted by atomic mass is 10.0. The van der Waals surface area contributed by atoms with Crippen LogP contribution >= 0.6 is 23.2 Å². The Morgan fingerprint density at radius 1 is 1.15 bits per heavy atom. The topological polar surface area (TPSA) is 67.4 Å². The summed E-state index contributed by atoms with van der Waals surface area (Å²) in [7, 11) is 0. The molecule has 1 aliphatic heterocycles. The van der Waals surface area contributed by atoms with Gasteiger partial charge in [0.1, 0.15) is 24.3 Å². The number of aliphatic hydroxyl groups is 1. The molecule has 3 aromatic rings. The molecular formula is C25H25Cl2FN2O4. The average molecular weight is 507 g/mol. The Kier molecular flexibility index (Phi) is 8.59. The molecule has 2 heterocycles. The predicted molar refractivity (Wildman–Crippen MR) is 129 cm³/mol. The lowest BCUT2D eigenvalue weighted by Crippen LogP contribution is -2.39. The minimum absolute atomic E-state index is 0.136. The predicted octanol–water partition coefficient (Wildman–Crippen LogP) is 5.30. The first-order valence-corrected chi connectivity index (χ1v) is 11.6. The molecule has 180 valence electrons. The van der Waals surface area contributed by atoms with E-state index < -0.39 is 6.10 Å². The van der Waals surface area contributed by atoms with E-state index in [9.17, 15) is 9.50 Å². The van der Waals surface area contributed by atoms with Crippen LogP contribution in [0.4, 0.5) is 4.39 Å². The SMILES string of the molecule is OC(COCc1ccco1)CN(Cc1cccc(F)c1)CC1CC(c2ccc(Cl)c(Cl)c2)=NO1. The van der Waals surface area contributed by atoms with Crippen LogP contribution in [-0.4, -0.2) is 47.6 Å². The summed E-state index contributed by atoms with van der Waals surface area (Å²) in [6.07, 6.45) is 1.17. The second-order valence-corrected chi connectivity index (χ2v) is 8.99. The van der Waals surface area contributed by atoms with Gasteiger partial charge >= 0.3 is 0 Å². The molecule has 34 heavy (non-hydrogen) atoms. The van der Waals surface area contributed by atoms with Gasteiger partial charge in [0, 0.05) is 31.6 Å². The number of benzene rings is 2. The molecule has 0 bridgehead atoms. The van der Waals surface area contributed by atoms with Gasteiger partial charge in [-0.25, -0.2) is 4.39 Å². The number of rotatable bonds is 11. The molecule has 0 fully saturated rings. The maximum absolute atomic E-state index is 13.7. The van der Waals surface area contributed by atoms with Crippen LogP contribution in [0.25, 0.3) is 0 Å². The van der Waals surface area contributed by atoms with E-state index in [2.05, 4.69) is 5.16 Å². The van der Waals surface area contributed by atoms with Gasteiger partial charge in [0.2, 0.25) is 0 Å². The van der Waals surface area contributed by atoms with Gasteiger partial charge in [0.05, 0.1) is 34.7 Å². The number of furan rings is 1. The zero-order valence-electron chi connectivity index (χ0n) is 18.4. The first kappa shape index (κ1) is 24.7. The van der Waals surface area contributed by atoms with Crippen molar-refractivity contribution in [3.05, 3.63) is 93.6 Å². The van der Waals surface area contributed by atoms with E-state index in [1.54, 1.807) is 30.5 Å². The summed E-state index contributed by atoms with van der Waals surface area (Å²) in [5.74, 6) is 0.386. The summed E-state index contributed by atoms with van der Waals surface area (Å²) in [5.41, 5.74) is 2.42. The van der Waals surface area contributed by atoms with E-state index in [-0.39, 0.29) is 25.1 Å². The summed E-state index contributed by atoms with van der Waals surface area (Å²) in [6.45, 7) is 1.66. The highest BCUT2D eigenvalue weighted by molar-refractivity contribution is 6.42. The first-order chi connectivity index (χ1) is 16.5. The maximum Gasteiger partial charge on any atom is 0.145 e. The fraction of sp³-hybridized carbons (Fsp3) is 0.320. The molecule has 0 amide bonds. The third kappa shape index (κ3) is 7.04. The van der Waals surface area contributed by atoms with Crippen molar-refractivity contribution >= 4 is 28.9 Å². The molecule has 1 N–H and O–H groups in total. The third-order valence-electron chi connectivity index (χ3n) is 5.35. The lowest BCUT2D eigenvalue weighted by Gasteiger charge is -2.27. The molecule has 9 heteroatoms. The minimum Gasteiger partial charge on any atom is -0.467 e. The van der Waals surface area contributed by atoms with Crippen LogP contribution in [0.15, 0.2) is 70.4 Å². The van der Waals surface area contributed by atoms with Crippen molar-refractivity contribution in [3.8, 4) is 0 Å². The van der Waals surface area contributed by atoms with Crippen molar-refractivity contribution in [2.24, 2.45) is 5.16 Å². The zero-order chi connectivity index (χ0) is 23.9. The van der Waals surface area contributed by atoms with Gasteiger partial charge in [-0.15, -0.1) is 0 Å². The lowest BCUT2D eigenvalue weighted by molar-refractivity contribution is -0.00957. The Morgan fingerprint density at radius 3 is 2.79 bits per heavy atom. The van der Waals surface area contributed by atoms with Gasteiger partial charge in [-0.05, 0) is 42.0 Å². The fourth-order valence-electron chi connectivity index (χ4n) is 3.80. The number of halogens is 3. The molecule has 2 atom stereocenters. The van der Waals surface area contributed by atoms with Gasteiger partial charge in [-0.2, -0.15) is 0 Å². The highest BCUT2D eigenvalue weighted by Crippen LogP contribution is 2.26. The largest absolute Gasteiger partial charge is 0.467 e. The number of aliphatic hydroxyl groups excluding tert-OH is 1. The number of hydrogen-bond acceptors (Lipinski definition) is 6. The highest BCUT2D eigenvalue weighted by atomic mass is 35.5. The molecule has 4 rings (SSSR count). The molecule has 0 spiro atoms. The first-order valence-electron chi connectivity index (χ1n) is 10.9. The maximum atomic E-state index is 13.7. The Labute approximate surface area is 207 Å². The molecule has 2 unspecified atom stereocenters. The van der Waals surface area contributed by atoms with Crippen LogP contribution in [0.3, 0.4) is 0 Å². The van der Waals surface area contributed by atoms with E-state index in [1.165, 1.54) is 12.1 Å². The Morgan fingerprint density at radius 2 is 2.03 bits per heavy atom. The Bertz CT molecular complexity index is 1110. The normalized spacial score (nSPS) is 16.5. The summed E-state index contributed by atoms with van der Waals surface area (Å²) >= 11 is 12.1. The van der Waals surface area contributed by atoms with Crippen LogP contribution in [0.1, 0.15) is 23.3 Å². The fourth-order valence-corrected chi connectivity index (χ4v) is 4.10. The third-order valence-corrected chi connectivity index (χ3v) is 6.09.